The molecule has 0 bridgehead atoms. The molecule has 1 aliphatic rings. The number of carbonyl (C=O) groups is 1. The van der Waals surface area contributed by atoms with Crippen molar-refractivity contribution in [1.82, 2.24) is 0 Å². The Labute approximate surface area is 127 Å². The molecule has 22 heavy (non-hydrogen) atoms. The van der Waals surface area contributed by atoms with Crippen LogP contribution in [0.3, 0.4) is 0 Å². The second-order valence-corrected chi connectivity index (χ2v) is 5.21. The Morgan fingerprint density at radius 1 is 0.727 bits per heavy atom. The van der Waals surface area contributed by atoms with Gasteiger partial charge in [0.05, 0.1) is 0 Å². The van der Waals surface area contributed by atoms with Crippen molar-refractivity contribution in [1.29, 1.82) is 0 Å². The lowest BCUT2D eigenvalue weighted by Crippen LogP contribution is -1.96. The molecule has 1 aliphatic carbocycles. The SMILES string of the molecule is O=C1/C(=C\c2ccccc2F)CC/C1=C/c1ccccc1F. The lowest BCUT2D eigenvalue weighted by atomic mass is 10.1. The summed E-state index contributed by atoms with van der Waals surface area (Å²) in [5.41, 5.74) is 1.93. The Kier molecular flexibility index (Phi) is 3.96. The first-order valence-corrected chi connectivity index (χ1v) is 7.10. The summed E-state index contributed by atoms with van der Waals surface area (Å²) in [4.78, 5) is 12.4. The molecule has 0 amide bonds. The number of ketones is 1. The molecule has 1 saturated carbocycles. The number of Topliss-reactive ketones (excluding diaryl/α,β-unsaturated/α-hetero) is 1. The fourth-order valence-electron chi connectivity index (χ4n) is 2.54. The van der Waals surface area contributed by atoms with Gasteiger partial charge in [-0.3, -0.25) is 4.79 Å². The molecule has 0 unspecified atom stereocenters. The third-order valence-corrected chi connectivity index (χ3v) is 3.72. The maximum Gasteiger partial charge on any atom is 0.185 e. The molecule has 110 valence electrons. The third-order valence-electron chi connectivity index (χ3n) is 3.72. The Morgan fingerprint density at radius 2 is 1.14 bits per heavy atom. The maximum atomic E-state index is 13.6. The highest BCUT2D eigenvalue weighted by Gasteiger charge is 2.23. The fraction of sp³-hybridized carbons (Fsp3) is 0.105. The van der Waals surface area contributed by atoms with Crippen molar-refractivity contribution in [2.45, 2.75) is 12.8 Å². The zero-order valence-corrected chi connectivity index (χ0v) is 11.9. The topological polar surface area (TPSA) is 17.1 Å². The second kappa shape index (κ2) is 6.06. The molecule has 0 atom stereocenters. The molecule has 1 fully saturated rings. The van der Waals surface area contributed by atoms with E-state index in [1.807, 2.05) is 0 Å². The highest BCUT2D eigenvalue weighted by Crippen LogP contribution is 2.30. The smallest absolute Gasteiger partial charge is 0.185 e. The summed E-state index contributed by atoms with van der Waals surface area (Å²) >= 11 is 0. The van der Waals surface area contributed by atoms with Crippen molar-refractivity contribution < 1.29 is 13.6 Å². The molecule has 3 rings (SSSR count). The zero-order chi connectivity index (χ0) is 15.5. The average Bonchev–Trinajstić information content (AvgIpc) is 2.85. The molecule has 0 N–H and O–H groups in total. The van der Waals surface area contributed by atoms with Crippen molar-refractivity contribution in [3.05, 3.63) is 82.4 Å². The van der Waals surface area contributed by atoms with Gasteiger partial charge in [0.2, 0.25) is 0 Å². The first kappa shape index (κ1) is 14.4. The molecule has 1 nitrogen and oxygen atoms in total. The molecular formula is C19H14F2O. The lowest BCUT2D eigenvalue weighted by Gasteiger charge is -1.99. The van der Waals surface area contributed by atoms with Crippen LogP contribution in [-0.4, -0.2) is 5.78 Å². The number of carbonyl (C=O) groups excluding carboxylic acids is 1. The van der Waals surface area contributed by atoms with Crippen molar-refractivity contribution in [2.75, 3.05) is 0 Å². The number of benzene rings is 2. The Hall–Kier alpha value is -2.55. The van der Waals surface area contributed by atoms with Crippen LogP contribution in [0.1, 0.15) is 24.0 Å². The molecule has 3 heteroatoms. The van der Waals surface area contributed by atoms with E-state index in [1.165, 1.54) is 12.1 Å². The van der Waals surface area contributed by atoms with Crippen molar-refractivity contribution in [2.24, 2.45) is 0 Å². The van der Waals surface area contributed by atoms with E-state index in [2.05, 4.69) is 0 Å². The molecule has 0 heterocycles. The predicted molar refractivity (Wildman–Crippen MR) is 83.0 cm³/mol. The first-order valence-electron chi connectivity index (χ1n) is 7.10. The van der Waals surface area contributed by atoms with E-state index in [0.29, 0.717) is 35.1 Å². The normalized spacial score (nSPS) is 18.4. The summed E-state index contributed by atoms with van der Waals surface area (Å²) in [6, 6.07) is 12.7. The summed E-state index contributed by atoms with van der Waals surface area (Å²) in [6.07, 6.45) is 4.26. The highest BCUT2D eigenvalue weighted by atomic mass is 19.1. The van der Waals surface area contributed by atoms with E-state index in [1.54, 1.807) is 48.6 Å². The highest BCUT2D eigenvalue weighted by molar-refractivity contribution is 6.15. The third kappa shape index (κ3) is 2.89. The number of rotatable bonds is 2. The Balaban J connectivity index is 1.90. The molecule has 0 radical (unpaired) electrons. The van der Waals surface area contributed by atoms with E-state index >= 15 is 0 Å². The van der Waals surface area contributed by atoms with Gasteiger partial charge in [-0.1, -0.05) is 36.4 Å². The maximum absolute atomic E-state index is 13.6. The van der Waals surface area contributed by atoms with Gasteiger partial charge in [-0.05, 0) is 37.1 Å². The van der Waals surface area contributed by atoms with Gasteiger partial charge in [-0.15, -0.1) is 0 Å². The molecule has 2 aromatic carbocycles. The molecule has 2 aromatic rings. The molecule has 0 saturated heterocycles. The lowest BCUT2D eigenvalue weighted by molar-refractivity contribution is -0.111. The van der Waals surface area contributed by atoms with Crippen molar-refractivity contribution in [3.63, 3.8) is 0 Å². The van der Waals surface area contributed by atoms with Crippen LogP contribution in [0.5, 0.6) is 0 Å². The summed E-state index contributed by atoms with van der Waals surface area (Å²) in [7, 11) is 0. The average molecular weight is 296 g/mol. The summed E-state index contributed by atoms with van der Waals surface area (Å²) in [5.74, 6) is -0.838. The van der Waals surface area contributed by atoms with Gasteiger partial charge in [0.1, 0.15) is 11.6 Å². The largest absolute Gasteiger partial charge is 0.289 e. The second-order valence-electron chi connectivity index (χ2n) is 5.21. The van der Waals surface area contributed by atoms with Crippen molar-refractivity contribution >= 4 is 17.9 Å². The monoisotopic (exact) mass is 296 g/mol. The number of allylic oxidation sites excluding steroid dienone is 2. The minimum atomic E-state index is -0.352. The standard InChI is InChI=1S/C19H14F2O/c20-17-7-3-1-5-13(17)11-15-9-10-16(19(15)22)12-14-6-2-4-8-18(14)21/h1-8,11-12H,9-10H2/b15-11-,16-12-. The van der Waals surface area contributed by atoms with E-state index in [4.69, 9.17) is 0 Å². The minimum absolute atomic E-state index is 0.133. The first-order chi connectivity index (χ1) is 10.6. The predicted octanol–water partition coefficient (Wildman–Crippen LogP) is 4.79. The van der Waals surface area contributed by atoms with E-state index < -0.39 is 0 Å². The molecule has 0 aromatic heterocycles. The van der Waals surface area contributed by atoms with Crippen LogP contribution >= 0.6 is 0 Å². The van der Waals surface area contributed by atoms with Crippen LogP contribution in [0, 0.1) is 11.6 Å². The van der Waals surface area contributed by atoms with Crippen LogP contribution in [-0.2, 0) is 4.79 Å². The Morgan fingerprint density at radius 3 is 1.55 bits per heavy atom. The van der Waals surface area contributed by atoms with Gasteiger partial charge in [0, 0.05) is 22.3 Å². The number of hydrogen-bond donors (Lipinski definition) is 0. The van der Waals surface area contributed by atoms with E-state index in [0.717, 1.165) is 0 Å². The van der Waals surface area contributed by atoms with Crippen LogP contribution < -0.4 is 0 Å². The number of halogens is 2. The van der Waals surface area contributed by atoms with E-state index in [9.17, 15) is 13.6 Å². The number of hydrogen-bond acceptors (Lipinski definition) is 1. The van der Waals surface area contributed by atoms with Crippen LogP contribution in [0.25, 0.3) is 12.2 Å². The van der Waals surface area contributed by atoms with Crippen LogP contribution in [0.4, 0.5) is 8.78 Å². The van der Waals surface area contributed by atoms with Gasteiger partial charge in [-0.2, -0.15) is 0 Å². The molecular weight excluding hydrogens is 282 g/mol. The Bertz CT molecular complexity index is 722. The van der Waals surface area contributed by atoms with Crippen LogP contribution in [0.2, 0.25) is 0 Å². The van der Waals surface area contributed by atoms with Gasteiger partial charge in [-0.25, -0.2) is 8.78 Å². The summed E-state index contributed by atoms with van der Waals surface area (Å²) < 4.78 is 27.3. The summed E-state index contributed by atoms with van der Waals surface area (Å²) in [5, 5.41) is 0. The van der Waals surface area contributed by atoms with Crippen LogP contribution in [0.15, 0.2) is 59.7 Å². The van der Waals surface area contributed by atoms with Gasteiger partial charge in [0.15, 0.2) is 5.78 Å². The molecule has 0 spiro atoms. The fourth-order valence-corrected chi connectivity index (χ4v) is 2.54. The molecule has 0 aliphatic heterocycles. The van der Waals surface area contributed by atoms with Gasteiger partial charge in [0.25, 0.3) is 0 Å². The van der Waals surface area contributed by atoms with Gasteiger partial charge < -0.3 is 0 Å². The summed E-state index contributed by atoms with van der Waals surface area (Å²) in [6.45, 7) is 0. The minimum Gasteiger partial charge on any atom is -0.289 e. The van der Waals surface area contributed by atoms with Gasteiger partial charge >= 0.3 is 0 Å². The zero-order valence-electron chi connectivity index (χ0n) is 11.9. The van der Waals surface area contributed by atoms with Crippen molar-refractivity contribution in [3.8, 4) is 0 Å². The quantitative estimate of drug-likeness (QED) is 0.728. The van der Waals surface area contributed by atoms with E-state index in [-0.39, 0.29) is 17.4 Å².